The fraction of sp³-hybridized carbons (Fsp3) is 0.417. The van der Waals surface area contributed by atoms with Gasteiger partial charge in [-0.05, 0) is 41.2 Å². The molecule has 46 heavy (non-hydrogen) atoms. The molecule has 2 atom stereocenters. The highest BCUT2D eigenvalue weighted by Crippen LogP contribution is 2.35. The van der Waals surface area contributed by atoms with Crippen LogP contribution in [-0.4, -0.2) is 94.6 Å². The Morgan fingerprint density at radius 2 is 1.50 bits per heavy atom. The van der Waals surface area contributed by atoms with Gasteiger partial charge < -0.3 is 4.90 Å². The second kappa shape index (κ2) is 12.7. The molecule has 0 bridgehead atoms. The van der Waals surface area contributed by atoms with Crippen LogP contribution in [0, 0.1) is 0 Å². The van der Waals surface area contributed by atoms with Crippen LogP contribution in [0.5, 0.6) is 0 Å². The van der Waals surface area contributed by atoms with E-state index in [-0.39, 0.29) is 30.8 Å². The lowest BCUT2D eigenvalue weighted by atomic mass is 9.95. The summed E-state index contributed by atoms with van der Waals surface area (Å²) in [7, 11) is 0. The minimum atomic E-state index is -2.87. The average Bonchev–Trinajstić information content (AvgIpc) is 3.37. The fourth-order valence-electron chi connectivity index (χ4n) is 7.73. The van der Waals surface area contributed by atoms with E-state index >= 15 is 8.78 Å². The van der Waals surface area contributed by atoms with Crippen LogP contribution in [0.25, 0.3) is 0 Å². The molecule has 3 aromatic rings. The number of likely N-dealkylation sites (tertiary alicyclic amines) is 1. The van der Waals surface area contributed by atoms with Gasteiger partial charge in [0.15, 0.2) is 0 Å². The van der Waals surface area contributed by atoms with Crippen molar-refractivity contribution in [3.8, 4) is 0 Å². The first-order valence-electron chi connectivity index (χ1n) is 16.2. The van der Waals surface area contributed by atoms with Gasteiger partial charge in [-0.15, -0.1) is 0 Å². The van der Waals surface area contributed by atoms with Crippen molar-refractivity contribution in [2.75, 3.05) is 39.3 Å². The summed E-state index contributed by atoms with van der Waals surface area (Å²) in [5.74, 6) is -3.89. The number of rotatable bonds is 7. The zero-order chi connectivity index (χ0) is 31.8. The summed E-state index contributed by atoms with van der Waals surface area (Å²) in [5, 5.41) is 2.32. The second-order valence-corrected chi connectivity index (χ2v) is 13.0. The highest BCUT2D eigenvalue weighted by atomic mass is 19.3. The van der Waals surface area contributed by atoms with E-state index in [9.17, 15) is 14.4 Å². The maximum atomic E-state index is 15.8. The van der Waals surface area contributed by atoms with E-state index in [1.165, 1.54) is 16.0 Å². The molecule has 2 unspecified atom stereocenters. The molecule has 0 spiro atoms. The molecule has 3 fully saturated rings. The Morgan fingerprint density at radius 3 is 2.13 bits per heavy atom. The molecule has 3 saturated heterocycles. The molecule has 1 N–H and O–H groups in total. The second-order valence-electron chi connectivity index (χ2n) is 13.0. The first kappa shape index (κ1) is 30.7. The summed E-state index contributed by atoms with van der Waals surface area (Å²) in [4.78, 5) is 44.9. The minimum Gasteiger partial charge on any atom is -0.322 e. The number of amides is 3. The normalized spacial score (nSPS) is 24.3. The number of imide groups is 1. The molecule has 4 heterocycles. The molecule has 4 aliphatic rings. The molecule has 8 nitrogen and oxygen atoms in total. The SMILES string of the molecule is O=C1CCC(N2Cc3ccc(CN4CCC(N5CCN(C(c6ccccc6)c6ccccc6)CC5)C(F)(F)C4)cc3C2=O)C(=O)N1. The van der Waals surface area contributed by atoms with Crippen LogP contribution in [0.1, 0.15) is 57.9 Å². The summed E-state index contributed by atoms with van der Waals surface area (Å²) in [6.45, 7) is 3.44. The molecule has 4 aliphatic heterocycles. The van der Waals surface area contributed by atoms with Crippen molar-refractivity contribution in [1.82, 2.24) is 24.9 Å². The Bertz CT molecular complexity index is 1560. The number of halogens is 2. The quantitative estimate of drug-likeness (QED) is 0.399. The largest absolute Gasteiger partial charge is 0.322 e. The van der Waals surface area contributed by atoms with Gasteiger partial charge in [-0.25, -0.2) is 8.78 Å². The maximum absolute atomic E-state index is 15.8. The molecule has 10 heteroatoms. The number of hydrogen-bond acceptors (Lipinski definition) is 6. The van der Waals surface area contributed by atoms with Gasteiger partial charge in [0.1, 0.15) is 6.04 Å². The molecule has 0 saturated carbocycles. The number of carbonyl (C=O) groups excluding carboxylic acids is 3. The van der Waals surface area contributed by atoms with Crippen molar-refractivity contribution in [1.29, 1.82) is 0 Å². The number of piperazine rings is 1. The number of benzene rings is 3. The smallest absolute Gasteiger partial charge is 0.275 e. The predicted octanol–water partition coefficient (Wildman–Crippen LogP) is 4.06. The summed E-state index contributed by atoms with van der Waals surface area (Å²) >= 11 is 0. The van der Waals surface area contributed by atoms with Gasteiger partial charge in [-0.1, -0.05) is 72.8 Å². The van der Waals surface area contributed by atoms with Crippen molar-refractivity contribution in [2.45, 2.75) is 56.4 Å². The van der Waals surface area contributed by atoms with Crippen LogP contribution in [0.3, 0.4) is 0 Å². The zero-order valence-electron chi connectivity index (χ0n) is 25.8. The summed E-state index contributed by atoms with van der Waals surface area (Å²) in [6.07, 6.45) is 0.876. The molecule has 240 valence electrons. The van der Waals surface area contributed by atoms with E-state index in [0.29, 0.717) is 64.2 Å². The molecule has 0 aliphatic carbocycles. The van der Waals surface area contributed by atoms with Crippen molar-refractivity contribution < 1.29 is 23.2 Å². The van der Waals surface area contributed by atoms with E-state index in [0.717, 1.165) is 11.1 Å². The predicted molar refractivity (Wildman–Crippen MR) is 169 cm³/mol. The molecular weight excluding hydrogens is 588 g/mol. The van der Waals surface area contributed by atoms with Gasteiger partial charge in [-0.2, -0.15) is 0 Å². The third-order valence-electron chi connectivity index (χ3n) is 10.0. The van der Waals surface area contributed by atoms with Crippen LogP contribution < -0.4 is 5.32 Å². The highest BCUT2D eigenvalue weighted by molar-refractivity contribution is 6.05. The summed E-state index contributed by atoms with van der Waals surface area (Å²) in [5.41, 5.74) is 4.53. The van der Waals surface area contributed by atoms with E-state index < -0.39 is 23.9 Å². The van der Waals surface area contributed by atoms with E-state index in [2.05, 4.69) is 34.5 Å². The van der Waals surface area contributed by atoms with Crippen molar-refractivity contribution in [2.24, 2.45) is 0 Å². The number of nitrogens with zero attached hydrogens (tertiary/aromatic N) is 4. The number of fused-ring (bicyclic) bond motifs is 1. The van der Waals surface area contributed by atoms with Gasteiger partial charge in [0.2, 0.25) is 11.8 Å². The highest BCUT2D eigenvalue weighted by Gasteiger charge is 2.48. The number of carbonyl (C=O) groups is 3. The first-order valence-corrected chi connectivity index (χ1v) is 16.2. The topological polar surface area (TPSA) is 76.2 Å². The number of hydrogen-bond donors (Lipinski definition) is 1. The Hall–Kier alpha value is -3.99. The summed E-state index contributed by atoms with van der Waals surface area (Å²) in [6, 6.07) is 24.9. The van der Waals surface area contributed by atoms with Crippen LogP contribution >= 0.6 is 0 Å². The number of nitrogens with one attached hydrogen (secondary N) is 1. The minimum absolute atomic E-state index is 0.0854. The van der Waals surface area contributed by atoms with Crippen LogP contribution in [0.2, 0.25) is 0 Å². The monoisotopic (exact) mass is 627 g/mol. The molecule has 0 radical (unpaired) electrons. The molecular formula is C36H39F2N5O3. The zero-order valence-corrected chi connectivity index (χ0v) is 25.8. The van der Waals surface area contributed by atoms with Gasteiger partial charge in [0.25, 0.3) is 11.8 Å². The lowest BCUT2D eigenvalue weighted by Crippen LogP contribution is -2.61. The van der Waals surface area contributed by atoms with E-state index in [1.807, 2.05) is 53.4 Å². The Balaban J connectivity index is 0.968. The number of alkyl halides is 2. The van der Waals surface area contributed by atoms with Crippen LogP contribution in [0.15, 0.2) is 78.9 Å². The third kappa shape index (κ3) is 6.09. The Morgan fingerprint density at radius 1 is 0.826 bits per heavy atom. The van der Waals surface area contributed by atoms with Crippen molar-refractivity contribution in [3.63, 3.8) is 0 Å². The lowest BCUT2D eigenvalue weighted by Gasteiger charge is -2.47. The molecule has 3 amide bonds. The Labute approximate surface area is 267 Å². The van der Waals surface area contributed by atoms with E-state index in [4.69, 9.17) is 0 Å². The van der Waals surface area contributed by atoms with Gasteiger partial charge >= 0.3 is 0 Å². The van der Waals surface area contributed by atoms with Crippen molar-refractivity contribution in [3.05, 3.63) is 107 Å². The van der Waals surface area contributed by atoms with Crippen LogP contribution in [0.4, 0.5) is 8.78 Å². The molecule has 7 rings (SSSR count). The molecule has 3 aromatic carbocycles. The van der Waals surface area contributed by atoms with Crippen molar-refractivity contribution >= 4 is 17.7 Å². The van der Waals surface area contributed by atoms with Gasteiger partial charge in [0.05, 0.1) is 18.6 Å². The third-order valence-corrected chi connectivity index (χ3v) is 10.0. The average molecular weight is 628 g/mol. The Kier molecular flexibility index (Phi) is 8.44. The first-order chi connectivity index (χ1) is 22.3. The van der Waals surface area contributed by atoms with Crippen LogP contribution in [-0.2, 0) is 22.7 Å². The van der Waals surface area contributed by atoms with Gasteiger partial charge in [-0.3, -0.25) is 34.4 Å². The van der Waals surface area contributed by atoms with Gasteiger partial charge in [0, 0.05) is 57.8 Å². The maximum Gasteiger partial charge on any atom is 0.275 e. The lowest BCUT2D eigenvalue weighted by molar-refractivity contribution is -0.137. The summed E-state index contributed by atoms with van der Waals surface area (Å²) < 4.78 is 31.6. The fourth-order valence-corrected chi connectivity index (χ4v) is 7.73. The number of piperidine rings is 2. The molecule has 0 aromatic heterocycles. The standard InChI is InChI=1S/C36H39F2N5O3/c37-36(38)24-40(22-25-11-12-28-23-43(35(46)29(28)21-25)30-13-14-32(44)39-34(30)45)16-15-31(36)41-17-19-42(20-18-41)33(26-7-3-1-4-8-26)27-9-5-2-6-10-27/h1-12,21,30-31,33H,13-20,22-24H2,(H,39,44,45). The van der Waals surface area contributed by atoms with E-state index in [1.54, 1.807) is 11.0 Å².